The maximum atomic E-state index is 12.8. The minimum atomic E-state index is 0.117. The second kappa shape index (κ2) is 7.36. The number of Topliss-reactive ketones (excluding diaryl/α,β-unsaturated/α-hetero) is 1. The normalized spacial score (nSPS) is 14.9. The number of allylic oxidation sites excluding steroid dienone is 1. The summed E-state index contributed by atoms with van der Waals surface area (Å²) in [5, 5.41) is 0. The van der Waals surface area contributed by atoms with Crippen LogP contribution in [0.1, 0.15) is 33.6 Å². The van der Waals surface area contributed by atoms with Crippen molar-refractivity contribution in [2.75, 3.05) is 0 Å². The van der Waals surface area contributed by atoms with E-state index < -0.39 is 0 Å². The molecule has 0 saturated carbocycles. The second-order valence-corrected chi connectivity index (χ2v) is 6.30. The van der Waals surface area contributed by atoms with Gasteiger partial charge in [-0.3, -0.25) is 9.78 Å². The smallest absolute Gasteiger partial charge is 0.189 e. The van der Waals surface area contributed by atoms with Gasteiger partial charge in [-0.2, -0.15) is 0 Å². The van der Waals surface area contributed by atoms with E-state index in [2.05, 4.69) is 4.98 Å². The van der Waals surface area contributed by atoms with Crippen molar-refractivity contribution < 1.29 is 9.53 Å². The molecule has 0 unspecified atom stereocenters. The van der Waals surface area contributed by atoms with Crippen LogP contribution in [-0.2, 0) is 13.0 Å². The molecule has 3 aromatic rings. The van der Waals surface area contributed by atoms with Crippen molar-refractivity contribution in [1.29, 1.82) is 0 Å². The molecule has 3 heteroatoms. The molecule has 2 aromatic carbocycles. The fourth-order valence-electron chi connectivity index (χ4n) is 3.21. The summed E-state index contributed by atoms with van der Waals surface area (Å²) in [5.74, 6) is 0.878. The quantitative estimate of drug-likeness (QED) is 0.635. The molecule has 0 spiro atoms. The summed E-state index contributed by atoms with van der Waals surface area (Å²) in [5.41, 5.74) is 4.58. The van der Waals surface area contributed by atoms with Crippen LogP contribution in [0.3, 0.4) is 0 Å². The predicted molar refractivity (Wildman–Crippen MR) is 102 cm³/mol. The Labute approximate surface area is 153 Å². The first kappa shape index (κ1) is 16.3. The summed E-state index contributed by atoms with van der Waals surface area (Å²) in [6.45, 7) is 0.401. The molecule has 1 aromatic heterocycles. The van der Waals surface area contributed by atoms with Crippen LogP contribution in [0.5, 0.6) is 5.75 Å². The number of ether oxygens (including phenoxy) is 1. The van der Waals surface area contributed by atoms with Gasteiger partial charge in [-0.1, -0.05) is 48.5 Å². The van der Waals surface area contributed by atoms with Gasteiger partial charge in [-0.25, -0.2) is 0 Å². The zero-order valence-electron chi connectivity index (χ0n) is 14.4. The molecule has 1 aliphatic carbocycles. The fourth-order valence-corrected chi connectivity index (χ4v) is 3.21. The van der Waals surface area contributed by atoms with E-state index in [1.807, 2.05) is 72.8 Å². The molecule has 0 radical (unpaired) electrons. The molecule has 3 nitrogen and oxygen atoms in total. The average molecular weight is 341 g/mol. The van der Waals surface area contributed by atoms with Crippen LogP contribution in [0.15, 0.2) is 78.5 Å². The first-order chi connectivity index (χ1) is 12.8. The van der Waals surface area contributed by atoms with Crippen molar-refractivity contribution in [2.45, 2.75) is 19.4 Å². The SMILES string of the molecule is O=C1/C(=C/c2ccccc2OCc2ccccn2)CCc2ccccc21. The van der Waals surface area contributed by atoms with E-state index in [9.17, 15) is 4.79 Å². The van der Waals surface area contributed by atoms with E-state index in [0.29, 0.717) is 6.61 Å². The maximum absolute atomic E-state index is 12.8. The highest BCUT2D eigenvalue weighted by Gasteiger charge is 2.21. The topological polar surface area (TPSA) is 39.2 Å². The lowest BCUT2D eigenvalue weighted by Crippen LogP contribution is -2.13. The first-order valence-corrected chi connectivity index (χ1v) is 8.76. The number of nitrogens with zero attached hydrogens (tertiary/aromatic N) is 1. The number of carbonyl (C=O) groups is 1. The van der Waals surface area contributed by atoms with Gasteiger partial charge in [0.25, 0.3) is 0 Å². The average Bonchev–Trinajstić information content (AvgIpc) is 2.70. The molecule has 0 amide bonds. The third-order valence-electron chi connectivity index (χ3n) is 4.57. The van der Waals surface area contributed by atoms with Gasteiger partial charge in [0, 0.05) is 22.9 Å². The number of carbonyl (C=O) groups excluding carboxylic acids is 1. The lowest BCUT2D eigenvalue weighted by atomic mass is 9.86. The molecule has 0 fully saturated rings. The fraction of sp³-hybridized carbons (Fsp3) is 0.130. The van der Waals surface area contributed by atoms with E-state index in [1.165, 1.54) is 0 Å². The monoisotopic (exact) mass is 341 g/mol. The lowest BCUT2D eigenvalue weighted by Gasteiger charge is -2.17. The highest BCUT2D eigenvalue weighted by Crippen LogP contribution is 2.29. The zero-order chi connectivity index (χ0) is 17.8. The summed E-state index contributed by atoms with van der Waals surface area (Å²) < 4.78 is 5.95. The Balaban J connectivity index is 1.59. The van der Waals surface area contributed by atoms with Crippen molar-refractivity contribution in [1.82, 2.24) is 4.98 Å². The Hall–Kier alpha value is -3.20. The molecule has 0 aliphatic heterocycles. The Bertz CT molecular complexity index is 961. The highest BCUT2D eigenvalue weighted by atomic mass is 16.5. The van der Waals surface area contributed by atoms with Gasteiger partial charge in [-0.05, 0) is 42.7 Å². The number of benzene rings is 2. The summed E-state index contributed by atoms with van der Waals surface area (Å²) >= 11 is 0. The third-order valence-corrected chi connectivity index (χ3v) is 4.57. The van der Waals surface area contributed by atoms with Crippen molar-refractivity contribution >= 4 is 11.9 Å². The van der Waals surface area contributed by atoms with Crippen LogP contribution in [0.25, 0.3) is 6.08 Å². The van der Waals surface area contributed by atoms with Gasteiger partial charge in [0.1, 0.15) is 12.4 Å². The Morgan fingerprint density at radius 2 is 1.73 bits per heavy atom. The van der Waals surface area contributed by atoms with Gasteiger partial charge in [0.2, 0.25) is 0 Å². The molecule has 0 bridgehead atoms. The van der Waals surface area contributed by atoms with Crippen molar-refractivity contribution in [3.63, 3.8) is 0 Å². The van der Waals surface area contributed by atoms with Crippen LogP contribution < -0.4 is 4.74 Å². The molecule has 128 valence electrons. The summed E-state index contributed by atoms with van der Waals surface area (Å²) in [6, 6.07) is 21.4. The Kier molecular flexibility index (Phi) is 4.61. The van der Waals surface area contributed by atoms with E-state index in [0.717, 1.165) is 46.5 Å². The van der Waals surface area contributed by atoms with Crippen molar-refractivity contribution in [3.05, 3.63) is 101 Å². The van der Waals surface area contributed by atoms with Gasteiger partial charge in [-0.15, -0.1) is 0 Å². The standard InChI is InChI=1S/C23H19NO2/c25-23-19(13-12-17-7-1-3-10-21(17)23)15-18-8-2-4-11-22(18)26-16-20-9-5-6-14-24-20/h1-11,14-15H,12-13,16H2/b19-15+. The number of pyridine rings is 1. The van der Waals surface area contributed by atoms with Crippen LogP contribution in [0.2, 0.25) is 0 Å². The lowest BCUT2D eigenvalue weighted by molar-refractivity contribution is 0.102. The summed E-state index contributed by atoms with van der Waals surface area (Å²) in [6.07, 6.45) is 5.37. The minimum Gasteiger partial charge on any atom is -0.487 e. The van der Waals surface area contributed by atoms with Crippen LogP contribution >= 0.6 is 0 Å². The number of ketones is 1. The third kappa shape index (κ3) is 3.42. The molecule has 26 heavy (non-hydrogen) atoms. The van der Waals surface area contributed by atoms with Crippen LogP contribution in [0, 0.1) is 0 Å². The van der Waals surface area contributed by atoms with E-state index >= 15 is 0 Å². The number of aryl methyl sites for hydroxylation is 1. The van der Waals surface area contributed by atoms with Crippen molar-refractivity contribution in [3.8, 4) is 5.75 Å². The zero-order valence-corrected chi connectivity index (χ0v) is 14.4. The minimum absolute atomic E-state index is 0.117. The second-order valence-electron chi connectivity index (χ2n) is 6.30. The largest absolute Gasteiger partial charge is 0.487 e. The van der Waals surface area contributed by atoms with Crippen LogP contribution in [-0.4, -0.2) is 10.8 Å². The predicted octanol–water partition coefficient (Wildman–Crippen LogP) is 4.87. The Morgan fingerprint density at radius 1 is 0.923 bits per heavy atom. The van der Waals surface area contributed by atoms with E-state index in [1.54, 1.807) is 6.20 Å². The maximum Gasteiger partial charge on any atom is 0.189 e. The molecular weight excluding hydrogens is 322 g/mol. The molecule has 0 N–H and O–H groups in total. The molecular formula is C23H19NO2. The van der Waals surface area contributed by atoms with Crippen LogP contribution in [0.4, 0.5) is 0 Å². The molecule has 1 aliphatic rings. The number of rotatable bonds is 4. The van der Waals surface area contributed by atoms with E-state index in [4.69, 9.17) is 4.74 Å². The number of para-hydroxylation sites is 1. The highest BCUT2D eigenvalue weighted by molar-refractivity contribution is 6.13. The van der Waals surface area contributed by atoms with Gasteiger partial charge < -0.3 is 4.74 Å². The van der Waals surface area contributed by atoms with Crippen molar-refractivity contribution in [2.24, 2.45) is 0 Å². The first-order valence-electron chi connectivity index (χ1n) is 8.76. The van der Waals surface area contributed by atoms with Gasteiger partial charge in [0.15, 0.2) is 5.78 Å². The molecule has 0 atom stereocenters. The summed E-state index contributed by atoms with van der Waals surface area (Å²) in [7, 11) is 0. The number of hydrogen-bond donors (Lipinski definition) is 0. The number of hydrogen-bond acceptors (Lipinski definition) is 3. The van der Waals surface area contributed by atoms with Gasteiger partial charge >= 0.3 is 0 Å². The molecule has 1 heterocycles. The Morgan fingerprint density at radius 3 is 2.62 bits per heavy atom. The molecule has 0 saturated heterocycles. The number of aromatic nitrogens is 1. The van der Waals surface area contributed by atoms with E-state index in [-0.39, 0.29) is 5.78 Å². The molecule has 4 rings (SSSR count). The summed E-state index contributed by atoms with van der Waals surface area (Å²) in [4.78, 5) is 17.1. The van der Waals surface area contributed by atoms with Gasteiger partial charge in [0.05, 0.1) is 5.69 Å². The number of fused-ring (bicyclic) bond motifs is 1.